The second-order valence-corrected chi connectivity index (χ2v) is 4.99. The van der Waals surface area contributed by atoms with Crippen LogP contribution >= 0.6 is 0 Å². The standard InChI is InChI=1S/C15H21NO2.ClH/c1-18-14-8-6-13(7-9-14)15(17)12-16-10-4-2-3-5-11-16;/h6-9H,2-5,10-12H2,1H3;1H. The average Bonchev–Trinajstić information content (AvgIpc) is 2.67. The van der Waals surface area contributed by atoms with Crippen LogP contribution in [-0.2, 0) is 0 Å². The second kappa shape index (κ2) is 8.18. The molecule has 0 radical (unpaired) electrons. The van der Waals surface area contributed by atoms with Crippen molar-refractivity contribution in [2.75, 3.05) is 26.7 Å². The number of rotatable bonds is 4. The minimum atomic E-state index is 0. The quantitative estimate of drug-likeness (QED) is 0.671. The third-order valence-electron chi connectivity index (χ3n) is 3.63. The van der Waals surface area contributed by atoms with Crippen molar-refractivity contribution < 1.29 is 26.8 Å². The van der Waals surface area contributed by atoms with Gasteiger partial charge in [-0.1, -0.05) is 0 Å². The summed E-state index contributed by atoms with van der Waals surface area (Å²) in [5.74, 6) is 1.04. The maximum Gasteiger partial charge on any atom is 0.216 e. The fourth-order valence-electron chi connectivity index (χ4n) is 2.51. The summed E-state index contributed by atoms with van der Waals surface area (Å²) < 4.78 is 5.10. The van der Waals surface area contributed by atoms with Crippen molar-refractivity contribution >= 4 is 5.78 Å². The molecule has 1 saturated heterocycles. The van der Waals surface area contributed by atoms with E-state index in [0.29, 0.717) is 6.54 Å². The van der Waals surface area contributed by atoms with Crippen molar-refractivity contribution in [3.8, 4) is 5.75 Å². The molecular weight excluding hydrogens is 262 g/mol. The van der Waals surface area contributed by atoms with Gasteiger partial charge in [-0.3, -0.25) is 4.79 Å². The Morgan fingerprint density at radius 2 is 1.68 bits per heavy atom. The third kappa shape index (κ3) is 4.84. The van der Waals surface area contributed by atoms with Crippen molar-refractivity contribution in [2.24, 2.45) is 0 Å². The first-order chi connectivity index (χ1) is 8.79. The number of ketones is 1. The minimum absolute atomic E-state index is 0. The Bertz CT molecular complexity index is 384. The Morgan fingerprint density at radius 1 is 1.11 bits per heavy atom. The summed E-state index contributed by atoms with van der Waals surface area (Å²) >= 11 is 0. The van der Waals surface area contributed by atoms with Crippen LogP contribution in [0, 0.1) is 0 Å². The van der Waals surface area contributed by atoms with E-state index >= 15 is 0 Å². The lowest BCUT2D eigenvalue weighted by atomic mass is 10.1. The zero-order chi connectivity index (χ0) is 12.8. The lowest BCUT2D eigenvalue weighted by Gasteiger charge is -2.15. The number of hydrogen-bond acceptors (Lipinski definition) is 2. The number of methoxy groups -OCH3 is 1. The number of likely N-dealkylation sites (tertiary alicyclic amines) is 1. The summed E-state index contributed by atoms with van der Waals surface area (Å²) in [5, 5.41) is 0. The average molecular weight is 284 g/mol. The predicted octanol–water partition coefficient (Wildman–Crippen LogP) is -1.66. The second-order valence-electron chi connectivity index (χ2n) is 4.99. The van der Waals surface area contributed by atoms with Crippen LogP contribution in [-0.4, -0.2) is 32.5 Å². The maximum absolute atomic E-state index is 12.2. The zero-order valence-corrected chi connectivity index (χ0v) is 12.2. The van der Waals surface area contributed by atoms with Crippen molar-refractivity contribution in [2.45, 2.75) is 25.7 Å². The molecule has 1 aromatic rings. The van der Waals surface area contributed by atoms with Gasteiger partial charge in [0.05, 0.1) is 20.2 Å². The van der Waals surface area contributed by atoms with E-state index in [4.69, 9.17) is 4.74 Å². The molecular formula is C15H22ClNO2. The Balaban J connectivity index is 0.00000180. The largest absolute Gasteiger partial charge is 1.00 e. The van der Waals surface area contributed by atoms with E-state index in [1.54, 1.807) is 7.11 Å². The Morgan fingerprint density at radius 3 is 2.21 bits per heavy atom. The molecule has 0 amide bonds. The summed E-state index contributed by atoms with van der Waals surface area (Å²) in [6.45, 7) is 2.91. The molecule has 0 aromatic heterocycles. The summed E-state index contributed by atoms with van der Waals surface area (Å²) in [5.41, 5.74) is 0.799. The monoisotopic (exact) mass is 283 g/mol. The molecule has 0 atom stereocenters. The van der Waals surface area contributed by atoms with Gasteiger partial charge in [-0.15, -0.1) is 0 Å². The smallest absolute Gasteiger partial charge is 0.216 e. The highest BCUT2D eigenvalue weighted by atomic mass is 35.5. The molecule has 1 heterocycles. The molecule has 1 aromatic carbocycles. The van der Waals surface area contributed by atoms with E-state index in [2.05, 4.69) is 0 Å². The van der Waals surface area contributed by atoms with Gasteiger partial charge in [0, 0.05) is 5.56 Å². The van der Waals surface area contributed by atoms with Crippen LogP contribution in [0.15, 0.2) is 24.3 Å². The Hall–Kier alpha value is -1.06. The Kier molecular flexibility index (Phi) is 6.89. The number of quaternary nitrogens is 1. The number of ether oxygens (including phenoxy) is 1. The fourth-order valence-corrected chi connectivity index (χ4v) is 2.51. The molecule has 0 unspecified atom stereocenters. The molecule has 19 heavy (non-hydrogen) atoms. The summed E-state index contributed by atoms with van der Waals surface area (Å²) in [6, 6.07) is 7.42. The molecule has 0 spiro atoms. The normalized spacial score (nSPS) is 16.3. The lowest BCUT2D eigenvalue weighted by molar-refractivity contribution is -0.890. The van der Waals surface area contributed by atoms with E-state index < -0.39 is 0 Å². The van der Waals surface area contributed by atoms with Crippen molar-refractivity contribution in [1.82, 2.24) is 0 Å². The predicted molar refractivity (Wildman–Crippen MR) is 71.4 cm³/mol. The first-order valence-electron chi connectivity index (χ1n) is 6.80. The molecule has 4 heteroatoms. The molecule has 106 valence electrons. The van der Waals surface area contributed by atoms with E-state index in [-0.39, 0.29) is 18.2 Å². The first-order valence-corrected chi connectivity index (χ1v) is 6.80. The van der Waals surface area contributed by atoms with Gasteiger partial charge >= 0.3 is 0 Å². The molecule has 0 aliphatic carbocycles. The molecule has 1 aliphatic heterocycles. The van der Waals surface area contributed by atoms with Crippen molar-refractivity contribution in [3.63, 3.8) is 0 Å². The van der Waals surface area contributed by atoms with E-state index in [0.717, 1.165) is 24.4 Å². The number of nitrogens with one attached hydrogen (secondary N) is 1. The van der Waals surface area contributed by atoms with Crippen LogP contribution in [0.4, 0.5) is 0 Å². The van der Waals surface area contributed by atoms with Gasteiger partial charge in [-0.2, -0.15) is 0 Å². The number of hydrogen-bond donors (Lipinski definition) is 1. The van der Waals surface area contributed by atoms with Crippen LogP contribution < -0.4 is 22.0 Å². The highest BCUT2D eigenvalue weighted by Gasteiger charge is 2.17. The van der Waals surface area contributed by atoms with E-state index in [9.17, 15) is 4.79 Å². The number of carbonyl (C=O) groups excluding carboxylic acids is 1. The van der Waals surface area contributed by atoms with Gasteiger partial charge in [0.25, 0.3) is 0 Å². The van der Waals surface area contributed by atoms with Crippen LogP contribution in [0.25, 0.3) is 0 Å². The van der Waals surface area contributed by atoms with Crippen LogP contribution in [0.2, 0.25) is 0 Å². The minimum Gasteiger partial charge on any atom is -1.00 e. The molecule has 0 bridgehead atoms. The zero-order valence-electron chi connectivity index (χ0n) is 11.5. The SMILES string of the molecule is COc1ccc(C(=O)C[NH+]2CCCCCC2)cc1.[Cl-]. The van der Waals surface area contributed by atoms with Crippen LogP contribution in [0.3, 0.4) is 0 Å². The summed E-state index contributed by atoms with van der Waals surface area (Å²) in [7, 11) is 1.64. The number of Topliss-reactive ketones (excluding diaryl/α,β-unsaturated/α-hetero) is 1. The Labute approximate surface area is 121 Å². The summed E-state index contributed by atoms with van der Waals surface area (Å²) in [4.78, 5) is 13.6. The molecule has 3 nitrogen and oxygen atoms in total. The molecule has 1 fully saturated rings. The molecule has 1 aliphatic rings. The number of halogens is 1. The van der Waals surface area contributed by atoms with Crippen molar-refractivity contribution in [1.29, 1.82) is 0 Å². The van der Waals surface area contributed by atoms with Gasteiger partial charge in [0.15, 0.2) is 0 Å². The number of carbonyl (C=O) groups is 1. The van der Waals surface area contributed by atoms with Gasteiger partial charge in [-0.25, -0.2) is 0 Å². The maximum atomic E-state index is 12.2. The van der Waals surface area contributed by atoms with Crippen LogP contribution in [0.1, 0.15) is 36.0 Å². The molecule has 0 saturated carbocycles. The van der Waals surface area contributed by atoms with Gasteiger partial charge in [-0.05, 0) is 49.9 Å². The topological polar surface area (TPSA) is 30.7 Å². The van der Waals surface area contributed by atoms with Crippen molar-refractivity contribution in [3.05, 3.63) is 29.8 Å². The fraction of sp³-hybridized carbons (Fsp3) is 0.533. The lowest BCUT2D eigenvalue weighted by Crippen LogP contribution is -3.12. The van der Waals surface area contributed by atoms with Gasteiger partial charge in [0.2, 0.25) is 5.78 Å². The van der Waals surface area contributed by atoms with Crippen LogP contribution in [0.5, 0.6) is 5.75 Å². The molecule has 1 N–H and O–H groups in total. The van der Waals surface area contributed by atoms with E-state index in [1.165, 1.54) is 30.6 Å². The highest BCUT2D eigenvalue weighted by Crippen LogP contribution is 2.11. The highest BCUT2D eigenvalue weighted by molar-refractivity contribution is 5.96. The summed E-state index contributed by atoms with van der Waals surface area (Å²) in [6.07, 6.45) is 5.15. The van der Waals surface area contributed by atoms with E-state index in [1.807, 2.05) is 24.3 Å². The number of benzene rings is 1. The first kappa shape index (κ1) is 16.0. The van der Waals surface area contributed by atoms with Gasteiger partial charge < -0.3 is 22.0 Å². The third-order valence-corrected chi connectivity index (χ3v) is 3.63. The molecule has 2 rings (SSSR count). The van der Waals surface area contributed by atoms with Gasteiger partial charge in [0.1, 0.15) is 12.3 Å².